The van der Waals surface area contributed by atoms with Gasteiger partial charge in [0.05, 0.1) is 11.3 Å². The van der Waals surface area contributed by atoms with E-state index in [-0.39, 0.29) is 23.6 Å². The van der Waals surface area contributed by atoms with E-state index in [0.29, 0.717) is 17.2 Å². The minimum Gasteiger partial charge on any atom is -0.460 e. The van der Waals surface area contributed by atoms with Gasteiger partial charge in [0, 0.05) is 31.4 Å². The zero-order valence-electron chi connectivity index (χ0n) is 22.2. The van der Waals surface area contributed by atoms with Crippen molar-refractivity contribution in [3.8, 4) is 0 Å². The van der Waals surface area contributed by atoms with Gasteiger partial charge < -0.3 is 15.0 Å². The SMILES string of the molecule is CCCN(CC1CC1)c1cc(C(=O)Nc2ccc(S(=O)(=O)NCCC(=O)OC(C)(C)C)cc2C)ncn1. The van der Waals surface area contributed by atoms with Crippen LogP contribution < -0.4 is 14.9 Å². The second-order valence-electron chi connectivity index (χ2n) is 10.3. The number of aryl methyl sites for hydroxylation is 1. The Hall–Kier alpha value is -3.05. The predicted octanol–water partition coefficient (Wildman–Crippen LogP) is 3.67. The van der Waals surface area contributed by atoms with Crippen molar-refractivity contribution in [3.63, 3.8) is 0 Å². The maximum absolute atomic E-state index is 12.9. The molecule has 0 unspecified atom stereocenters. The van der Waals surface area contributed by atoms with Gasteiger partial charge in [-0.2, -0.15) is 0 Å². The van der Waals surface area contributed by atoms with Gasteiger partial charge in [-0.25, -0.2) is 23.1 Å². The summed E-state index contributed by atoms with van der Waals surface area (Å²) in [6.45, 7) is 10.8. The van der Waals surface area contributed by atoms with E-state index >= 15 is 0 Å². The molecule has 1 aliphatic rings. The van der Waals surface area contributed by atoms with Gasteiger partial charge in [-0.1, -0.05) is 6.92 Å². The van der Waals surface area contributed by atoms with E-state index in [0.717, 1.165) is 25.3 Å². The number of sulfonamides is 1. The molecule has 1 fully saturated rings. The Morgan fingerprint density at radius 1 is 1.16 bits per heavy atom. The molecule has 2 N–H and O–H groups in total. The van der Waals surface area contributed by atoms with Crippen LogP contribution in [0.2, 0.25) is 0 Å². The van der Waals surface area contributed by atoms with Crippen LogP contribution in [0, 0.1) is 12.8 Å². The highest BCUT2D eigenvalue weighted by Gasteiger charge is 2.25. The van der Waals surface area contributed by atoms with Crippen LogP contribution in [0.15, 0.2) is 35.5 Å². The number of hydrogen-bond donors (Lipinski definition) is 2. The first-order valence-corrected chi connectivity index (χ1v) is 14.1. The zero-order chi connectivity index (χ0) is 27.2. The number of carbonyl (C=O) groups excluding carboxylic acids is 2. The molecular formula is C26H37N5O5S. The number of carbonyl (C=O) groups is 2. The summed E-state index contributed by atoms with van der Waals surface area (Å²) in [5, 5.41) is 2.81. The van der Waals surface area contributed by atoms with Gasteiger partial charge in [0.15, 0.2) is 0 Å². The number of esters is 1. The third-order valence-electron chi connectivity index (χ3n) is 5.68. The van der Waals surface area contributed by atoms with Gasteiger partial charge in [-0.05, 0) is 76.6 Å². The average molecular weight is 532 g/mol. The topological polar surface area (TPSA) is 131 Å². The molecule has 3 rings (SSSR count). The van der Waals surface area contributed by atoms with Gasteiger partial charge in [0.25, 0.3) is 5.91 Å². The molecule has 2 aromatic rings. The molecule has 202 valence electrons. The van der Waals surface area contributed by atoms with Crippen LogP contribution in [0.4, 0.5) is 11.5 Å². The third kappa shape index (κ3) is 8.78. The minimum atomic E-state index is -3.84. The number of ether oxygens (including phenoxy) is 1. The van der Waals surface area contributed by atoms with Crippen LogP contribution in [0.5, 0.6) is 0 Å². The van der Waals surface area contributed by atoms with E-state index in [1.165, 1.54) is 37.4 Å². The monoisotopic (exact) mass is 531 g/mol. The van der Waals surface area contributed by atoms with Crippen LogP contribution >= 0.6 is 0 Å². The average Bonchev–Trinajstić information content (AvgIpc) is 3.63. The lowest BCUT2D eigenvalue weighted by Crippen LogP contribution is -2.29. The number of nitrogens with zero attached hydrogens (tertiary/aromatic N) is 3. The van der Waals surface area contributed by atoms with Crippen molar-refractivity contribution >= 4 is 33.4 Å². The van der Waals surface area contributed by atoms with Gasteiger partial charge in [-0.3, -0.25) is 9.59 Å². The molecule has 0 aliphatic heterocycles. The quantitative estimate of drug-likeness (QED) is 0.397. The summed E-state index contributed by atoms with van der Waals surface area (Å²) in [6, 6.07) is 6.10. The van der Waals surface area contributed by atoms with E-state index in [1.807, 2.05) is 0 Å². The molecule has 0 atom stereocenters. The summed E-state index contributed by atoms with van der Waals surface area (Å²) in [5.74, 6) is 0.524. The Morgan fingerprint density at radius 2 is 1.89 bits per heavy atom. The molecule has 10 nitrogen and oxygen atoms in total. The maximum Gasteiger partial charge on any atom is 0.307 e. The molecular weight excluding hydrogens is 494 g/mol. The highest BCUT2D eigenvalue weighted by atomic mass is 32.2. The molecule has 1 aromatic carbocycles. The highest BCUT2D eigenvalue weighted by Crippen LogP contribution is 2.31. The van der Waals surface area contributed by atoms with Crippen molar-refractivity contribution in [2.75, 3.05) is 29.9 Å². The first kappa shape index (κ1) is 28.5. The Bertz CT molecular complexity index is 1220. The largest absolute Gasteiger partial charge is 0.460 e. The smallest absolute Gasteiger partial charge is 0.307 e. The maximum atomic E-state index is 12.9. The van der Waals surface area contributed by atoms with Crippen molar-refractivity contribution in [2.45, 2.75) is 70.8 Å². The lowest BCUT2D eigenvalue weighted by Gasteiger charge is -2.23. The molecule has 1 aliphatic carbocycles. The number of hydrogen-bond acceptors (Lipinski definition) is 8. The second-order valence-corrected chi connectivity index (χ2v) is 12.1. The van der Waals surface area contributed by atoms with Crippen LogP contribution in [0.1, 0.15) is 69.4 Å². The number of amides is 1. The fraction of sp³-hybridized carbons (Fsp3) is 0.538. The number of aromatic nitrogens is 2. The molecule has 11 heteroatoms. The van der Waals surface area contributed by atoms with E-state index < -0.39 is 27.5 Å². The van der Waals surface area contributed by atoms with Gasteiger partial charge in [0.2, 0.25) is 10.0 Å². The van der Waals surface area contributed by atoms with Crippen molar-refractivity contribution in [1.29, 1.82) is 0 Å². The summed E-state index contributed by atoms with van der Waals surface area (Å²) in [4.78, 5) is 35.5. The Balaban J connectivity index is 1.63. The highest BCUT2D eigenvalue weighted by molar-refractivity contribution is 7.89. The molecule has 1 aromatic heterocycles. The van der Waals surface area contributed by atoms with E-state index in [9.17, 15) is 18.0 Å². The van der Waals surface area contributed by atoms with E-state index in [4.69, 9.17) is 4.74 Å². The molecule has 0 spiro atoms. The summed E-state index contributed by atoms with van der Waals surface area (Å²) in [7, 11) is -3.84. The van der Waals surface area contributed by atoms with E-state index in [1.54, 1.807) is 33.8 Å². The number of nitrogens with one attached hydrogen (secondary N) is 2. The van der Waals surface area contributed by atoms with Gasteiger partial charge >= 0.3 is 5.97 Å². The van der Waals surface area contributed by atoms with Crippen molar-refractivity contribution in [3.05, 3.63) is 41.9 Å². The van der Waals surface area contributed by atoms with Crippen LogP contribution in [-0.4, -0.2) is 55.5 Å². The van der Waals surface area contributed by atoms with Crippen LogP contribution in [0.25, 0.3) is 0 Å². The lowest BCUT2D eigenvalue weighted by atomic mass is 10.2. The van der Waals surface area contributed by atoms with Crippen molar-refractivity contribution < 1.29 is 22.7 Å². The fourth-order valence-electron chi connectivity index (χ4n) is 3.72. The summed E-state index contributed by atoms with van der Waals surface area (Å²) >= 11 is 0. The summed E-state index contributed by atoms with van der Waals surface area (Å²) in [5.41, 5.74) is 0.647. The Kier molecular flexibility index (Phi) is 9.25. The molecule has 0 saturated heterocycles. The number of benzene rings is 1. The van der Waals surface area contributed by atoms with Crippen molar-refractivity contribution in [1.82, 2.24) is 14.7 Å². The normalized spacial score (nSPS) is 13.8. The molecule has 37 heavy (non-hydrogen) atoms. The standard InChI is InChI=1S/C26H37N5O5S/c1-6-13-31(16-19-7-8-19)23-15-22(27-17-28-23)25(33)30-21-10-9-20(14-18(21)2)37(34,35)29-12-11-24(32)36-26(3,4)5/h9-10,14-15,17,19,29H,6-8,11-13,16H2,1-5H3,(H,30,33). The summed E-state index contributed by atoms with van der Waals surface area (Å²) < 4.78 is 32.9. The minimum absolute atomic E-state index is 0.0341. The molecule has 1 heterocycles. The van der Waals surface area contributed by atoms with Crippen LogP contribution in [-0.2, 0) is 19.6 Å². The van der Waals surface area contributed by atoms with Gasteiger partial charge in [0.1, 0.15) is 23.4 Å². The van der Waals surface area contributed by atoms with Gasteiger partial charge in [-0.15, -0.1) is 0 Å². The lowest BCUT2D eigenvalue weighted by molar-refractivity contribution is -0.154. The first-order chi connectivity index (χ1) is 17.4. The molecule has 1 saturated carbocycles. The summed E-state index contributed by atoms with van der Waals surface area (Å²) in [6.07, 6.45) is 4.74. The number of anilines is 2. The third-order valence-corrected chi connectivity index (χ3v) is 7.13. The van der Waals surface area contributed by atoms with E-state index in [2.05, 4.69) is 31.8 Å². The number of rotatable bonds is 12. The van der Waals surface area contributed by atoms with Crippen molar-refractivity contribution in [2.24, 2.45) is 5.92 Å². The first-order valence-electron chi connectivity index (χ1n) is 12.6. The van der Waals surface area contributed by atoms with Crippen LogP contribution in [0.3, 0.4) is 0 Å². The fourth-order valence-corrected chi connectivity index (χ4v) is 4.84. The molecule has 1 amide bonds. The molecule has 0 radical (unpaired) electrons. The molecule has 0 bridgehead atoms. The second kappa shape index (κ2) is 12.0. The Morgan fingerprint density at radius 3 is 2.51 bits per heavy atom. The zero-order valence-corrected chi connectivity index (χ0v) is 23.0. The predicted molar refractivity (Wildman–Crippen MR) is 142 cm³/mol. The Labute approximate surface area is 219 Å².